The summed E-state index contributed by atoms with van der Waals surface area (Å²) in [7, 11) is 0. The fourth-order valence-electron chi connectivity index (χ4n) is 1.89. The van der Waals surface area contributed by atoms with Gasteiger partial charge in [0, 0.05) is 17.1 Å². The monoisotopic (exact) mass is 313 g/mol. The van der Waals surface area contributed by atoms with Crippen molar-refractivity contribution in [1.82, 2.24) is 5.32 Å². The summed E-state index contributed by atoms with van der Waals surface area (Å²) in [6, 6.07) is 12.8. The number of amides is 2. The number of nitrogens with zero attached hydrogens (tertiary/aromatic N) is 1. The zero-order valence-electron chi connectivity index (χ0n) is 11.8. The second kappa shape index (κ2) is 7.96. The van der Waals surface area contributed by atoms with Gasteiger partial charge in [0.25, 0.3) is 0 Å². The molecule has 2 aromatic rings. The summed E-state index contributed by atoms with van der Waals surface area (Å²) in [6.45, 7) is 0.327. The molecule has 112 valence electrons. The molecule has 0 aliphatic carbocycles. The van der Waals surface area contributed by atoms with Gasteiger partial charge in [0.05, 0.1) is 12.5 Å². The lowest BCUT2D eigenvalue weighted by molar-refractivity contribution is -0.120. The maximum Gasteiger partial charge on any atom is 0.238 e. The molecule has 0 saturated carbocycles. The fourth-order valence-corrected chi connectivity index (χ4v) is 2.59. The molecule has 0 spiro atoms. The average Bonchev–Trinajstić information content (AvgIpc) is 2.99. The highest BCUT2D eigenvalue weighted by Gasteiger charge is 2.08. The highest BCUT2D eigenvalue weighted by molar-refractivity contribution is 7.10. The predicted octanol–water partition coefficient (Wildman–Crippen LogP) is 2.46. The number of carbonyl (C=O) groups is 2. The number of rotatable bonds is 6. The minimum Gasteiger partial charge on any atom is -0.352 e. The van der Waals surface area contributed by atoms with Gasteiger partial charge in [-0.3, -0.25) is 9.59 Å². The van der Waals surface area contributed by atoms with Gasteiger partial charge in [-0.1, -0.05) is 24.3 Å². The summed E-state index contributed by atoms with van der Waals surface area (Å²) in [4.78, 5) is 24.4. The smallest absolute Gasteiger partial charge is 0.238 e. The van der Waals surface area contributed by atoms with E-state index in [1.54, 1.807) is 29.5 Å². The Hall–Kier alpha value is -2.65. The van der Waals surface area contributed by atoms with Crippen LogP contribution >= 0.6 is 11.3 Å². The van der Waals surface area contributed by atoms with Gasteiger partial charge in [0.1, 0.15) is 6.42 Å². The molecule has 0 aliphatic rings. The van der Waals surface area contributed by atoms with Crippen molar-refractivity contribution in [1.29, 1.82) is 5.26 Å². The van der Waals surface area contributed by atoms with Crippen LogP contribution in [0.3, 0.4) is 0 Å². The first-order chi connectivity index (χ1) is 10.7. The molecule has 0 saturated heterocycles. The Morgan fingerprint density at radius 3 is 2.68 bits per heavy atom. The van der Waals surface area contributed by atoms with E-state index in [-0.39, 0.29) is 18.2 Å². The maximum absolute atomic E-state index is 11.9. The number of thiophene rings is 1. The molecule has 0 bridgehead atoms. The molecule has 1 heterocycles. The summed E-state index contributed by atoms with van der Waals surface area (Å²) < 4.78 is 0. The molecule has 0 atom stereocenters. The Morgan fingerprint density at radius 2 is 1.95 bits per heavy atom. The van der Waals surface area contributed by atoms with Crippen molar-refractivity contribution in [3.63, 3.8) is 0 Å². The van der Waals surface area contributed by atoms with Gasteiger partial charge in [-0.15, -0.1) is 11.3 Å². The first-order valence-corrected chi connectivity index (χ1v) is 7.61. The molecule has 2 N–H and O–H groups in total. The van der Waals surface area contributed by atoms with Crippen molar-refractivity contribution in [2.75, 3.05) is 5.32 Å². The minimum atomic E-state index is -0.361. The molecular weight excluding hydrogens is 298 g/mol. The molecule has 2 amide bonds. The van der Waals surface area contributed by atoms with Crippen LogP contribution < -0.4 is 10.6 Å². The SMILES string of the molecule is N#CCC(=O)Nc1ccccc1CNC(=O)Cc1cccs1. The first-order valence-electron chi connectivity index (χ1n) is 6.73. The second-order valence-corrected chi connectivity index (χ2v) is 5.61. The molecule has 0 unspecified atom stereocenters. The van der Waals surface area contributed by atoms with Gasteiger partial charge < -0.3 is 10.6 Å². The van der Waals surface area contributed by atoms with E-state index in [2.05, 4.69) is 10.6 Å². The maximum atomic E-state index is 11.9. The molecule has 22 heavy (non-hydrogen) atoms. The van der Waals surface area contributed by atoms with Crippen LogP contribution in [0.1, 0.15) is 16.9 Å². The van der Waals surface area contributed by atoms with Crippen molar-refractivity contribution in [2.45, 2.75) is 19.4 Å². The van der Waals surface area contributed by atoms with E-state index >= 15 is 0 Å². The normalized spacial score (nSPS) is 9.77. The van der Waals surface area contributed by atoms with E-state index in [4.69, 9.17) is 5.26 Å². The zero-order valence-corrected chi connectivity index (χ0v) is 12.7. The van der Waals surface area contributed by atoms with Gasteiger partial charge in [0.15, 0.2) is 0 Å². The van der Waals surface area contributed by atoms with E-state index in [0.29, 0.717) is 18.7 Å². The Morgan fingerprint density at radius 1 is 1.14 bits per heavy atom. The number of hydrogen-bond acceptors (Lipinski definition) is 4. The Labute approximate surface area is 132 Å². The number of anilines is 1. The van der Waals surface area contributed by atoms with Crippen molar-refractivity contribution in [2.24, 2.45) is 0 Å². The highest BCUT2D eigenvalue weighted by Crippen LogP contribution is 2.15. The summed E-state index contributed by atoms with van der Waals surface area (Å²) in [5.41, 5.74) is 1.41. The average molecular weight is 313 g/mol. The van der Waals surface area contributed by atoms with Crippen LogP contribution in [0.5, 0.6) is 0 Å². The van der Waals surface area contributed by atoms with Crippen LogP contribution in [0.15, 0.2) is 41.8 Å². The van der Waals surface area contributed by atoms with E-state index in [0.717, 1.165) is 10.4 Å². The van der Waals surface area contributed by atoms with Crippen LogP contribution in [-0.2, 0) is 22.6 Å². The summed E-state index contributed by atoms with van der Waals surface area (Å²) in [5, 5.41) is 16.0. The van der Waals surface area contributed by atoms with Crippen LogP contribution in [0.25, 0.3) is 0 Å². The molecule has 5 nitrogen and oxygen atoms in total. The van der Waals surface area contributed by atoms with Crippen molar-refractivity contribution >= 4 is 28.8 Å². The van der Waals surface area contributed by atoms with Crippen molar-refractivity contribution < 1.29 is 9.59 Å². The van der Waals surface area contributed by atoms with Gasteiger partial charge >= 0.3 is 0 Å². The van der Waals surface area contributed by atoms with Gasteiger partial charge in [-0.2, -0.15) is 5.26 Å². The third-order valence-electron chi connectivity index (χ3n) is 2.92. The lowest BCUT2D eigenvalue weighted by Crippen LogP contribution is -2.25. The number of hydrogen-bond donors (Lipinski definition) is 2. The lowest BCUT2D eigenvalue weighted by Gasteiger charge is -2.11. The third kappa shape index (κ3) is 4.72. The number of benzene rings is 1. The third-order valence-corrected chi connectivity index (χ3v) is 3.80. The van der Waals surface area contributed by atoms with Gasteiger partial charge in [-0.25, -0.2) is 0 Å². The number of carbonyl (C=O) groups excluding carboxylic acids is 2. The number of nitriles is 1. The fraction of sp³-hybridized carbons (Fsp3) is 0.188. The van der Waals surface area contributed by atoms with Crippen molar-refractivity contribution in [3.05, 3.63) is 52.2 Å². The van der Waals surface area contributed by atoms with Crippen molar-refractivity contribution in [3.8, 4) is 6.07 Å². The van der Waals surface area contributed by atoms with E-state index in [1.807, 2.05) is 29.6 Å². The van der Waals surface area contributed by atoms with E-state index in [1.165, 1.54) is 0 Å². The zero-order chi connectivity index (χ0) is 15.8. The highest BCUT2D eigenvalue weighted by atomic mass is 32.1. The van der Waals surface area contributed by atoms with Crippen LogP contribution in [-0.4, -0.2) is 11.8 Å². The topological polar surface area (TPSA) is 82.0 Å². The predicted molar refractivity (Wildman–Crippen MR) is 85.2 cm³/mol. The molecular formula is C16H15N3O2S. The quantitative estimate of drug-likeness (QED) is 0.859. The molecule has 0 aliphatic heterocycles. The van der Waals surface area contributed by atoms with Crippen LogP contribution in [0.2, 0.25) is 0 Å². The largest absolute Gasteiger partial charge is 0.352 e. The molecule has 2 rings (SSSR count). The molecule has 6 heteroatoms. The molecule has 1 aromatic heterocycles. The number of para-hydroxylation sites is 1. The summed E-state index contributed by atoms with van der Waals surface area (Å²) in [5.74, 6) is -0.430. The van der Waals surface area contributed by atoms with Crippen LogP contribution in [0.4, 0.5) is 5.69 Å². The van der Waals surface area contributed by atoms with Gasteiger partial charge in [0.2, 0.25) is 11.8 Å². The first kappa shape index (κ1) is 15.7. The van der Waals surface area contributed by atoms with Gasteiger partial charge in [-0.05, 0) is 23.1 Å². The molecule has 0 fully saturated rings. The summed E-state index contributed by atoms with van der Waals surface area (Å²) >= 11 is 1.54. The summed E-state index contributed by atoms with van der Waals surface area (Å²) in [6.07, 6.45) is 0.152. The Kier molecular flexibility index (Phi) is 5.69. The number of nitrogens with one attached hydrogen (secondary N) is 2. The van der Waals surface area contributed by atoms with E-state index in [9.17, 15) is 9.59 Å². The lowest BCUT2D eigenvalue weighted by atomic mass is 10.1. The molecule has 1 aromatic carbocycles. The minimum absolute atomic E-state index is 0.0689. The molecule has 0 radical (unpaired) electrons. The van der Waals surface area contributed by atoms with E-state index < -0.39 is 0 Å². The Bertz CT molecular complexity index is 690. The van der Waals surface area contributed by atoms with Crippen LogP contribution in [0, 0.1) is 11.3 Å². The Balaban J connectivity index is 1.93. The second-order valence-electron chi connectivity index (χ2n) is 4.57. The standard InChI is InChI=1S/C16H15N3O2S/c17-8-7-15(20)19-14-6-2-1-4-12(14)11-18-16(21)10-13-5-3-9-22-13/h1-6,9H,7,10-11H2,(H,18,21)(H,19,20).